The smallest absolute Gasteiger partial charge is 0.308 e. The van der Waals surface area contributed by atoms with E-state index in [2.05, 4.69) is 0 Å². The van der Waals surface area contributed by atoms with Gasteiger partial charge in [0.05, 0.1) is 25.7 Å². The Bertz CT molecular complexity index is 289. The van der Waals surface area contributed by atoms with Crippen molar-refractivity contribution in [1.29, 1.82) is 0 Å². The predicted molar refractivity (Wildman–Crippen MR) is 54.5 cm³/mol. The summed E-state index contributed by atoms with van der Waals surface area (Å²) in [6.45, 7) is 2.83. The first kappa shape index (κ1) is 11.3. The number of nitrogens with zero attached hydrogens (tertiary/aromatic N) is 2. The van der Waals surface area contributed by atoms with Gasteiger partial charge in [0.1, 0.15) is 0 Å². The third-order valence-electron chi connectivity index (χ3n) is 3.07. The van der Waals surface area contributed by atoms with E-state index in [0.29, 0.717) is 45.7 Å². The molecule has 0 radical (unpaired) electrons. The first-order valence-electron chi connectivity index (χ1n) is 5.54. The van der Waals surface area contributed by atoms with Gasteiger partial charge in [0.15, 0.2) is 0 Å². The van der Waals surface area contributed by atoms with Crippen molar-refractivity contribution in [3.05, 3.63) is 0 Å². The monoisotopic (exact) mass is 228 g/mol. The maximum absolute atomic E-state index is 11.7. The molecule has 2 aliphatic rings. The van der Waals surface area contributed by atoms with Crippen molar-refractivity contribution in [2.45, 2.75) is 12.8 Å². The van der Waals surface area contributed by atoms with Crippen molar-refractivity contribution >= 4 is 11.9 Å². The summed E-state index contributed by atoms with van der Waals surface area (Å²) in [7, 11) is 0. The molecule has 6 heteroatoms. The molecule has 0 aliphatic carbocycles. The summed E-state index contributed by atoms with van der Waals surface area (Å²) < 4.78 is 5.20. The topological polar surface area (TPSA) is 70.1 Å². The van der Waals surface area contributed by atoms with Crippen LogP contribution in [0.3, 0.4) is 0 Å². The summed E-state index contributed by atoms with van der Waals surface area (Å²) in [4.78, 5) is 22.6. The van der Waals surface area contributed by atoms with Crippen molar-refractivity contribution < 1.29 is 19.4 Å². The number of piperidine rings is 1. The van der Waals surface area contributed by atoms with Gasteiger partial charge in [-0.25, -0.2) is 5.01 Å². The van der Waals surface area contributed by atoms with E-state index in [1.165, 1.54) is 0 Å². The van der Waals surface area contributed by atoms with E-state index in [-0.39, 0.29) is 5.91 Å². The molecule has 16 heavy (non-hydrogen) atoms. The fourth-order valence-corrected chi connectivity index (χ4v) is 2.10. The zero-order valence-electron chi connectivity index (χ0n) is 9.09. The second-order valence-electron chi connectivity index (χ2n) is 4.12. The Morgan fingerprint density at radius 2 is 2.06 bits per heavy atom. The van der Waals surface area contributed by atoms with Crippen LogP contribution in [0.1, 0.15) is 12.8 Å². The van der Waals surface area contributed by atoms with Crippen LogP contribution >= 0.6 is 0 Å². The molecular formula is C10H16N2O4. The van der Waals surface area contributed by atoms with E-state index in [1.54, 1.807) is 5.01 Å². The molecule has 0 aromatic rings. The molecule has 2 saturated heterocycles. The number of carboxylic acids is 1. The van der Waals surface area contributed by atoms with E-state index < -0.39 is 11.9 Å². The molecule has 0 spiro atoms. The van der Waals surface area contributed by atoms with Crippen molar-refractivity contribution in [2.24, 2.45) is 5.92 Å². The van der Waals surface area contributed by atoms with Crippen LogP contribution in [0.4, 0.5) is 0 Å². The highest BCUT2D eigenvalue weighted by atomic mass is 16.5. The number of morpholine rings is 1. The van der Waals surface area contributed by atoms with Gasteiger partial charge in [0.2, 0.25) is 5.91 Å². The second kappa shape index (κ2) is 4.80. The summed E-state index contributed by atoms with van der Waals surface area (Å²) >= 11 is 0. The van der Waals surface area contributed by atoms with Crippen LogP contribution in [0.2, 0.25) is 0 Å². The Morgan fingerprint density at radius 3 is 2.69 bits per heavy atom. The van der Waals surface area contributed by atoms with Gasteiger partial charge in [-0.2, -0.15) is 0 Å². The third-order valence-corrected chi connectivity index (χ3v) is 3.07. The molecule has 1 amide bonds. The first-order chi connectivity index (χ1) is 7.68. The van der Waals surface area contributed by atoms with Crippen molar-refractivity contribution in [3.63, 3.8) is 0 Å². The molecule has 6 nitrogen and oxygen atoms in total. The molecule has 2 rings (SSSR count). The highest BCUT2D eigenvalue weighted by molar-refractivity contribution is 5.80. The predicted octanol–water partition coefficient (Wildman–Crippen LogP) is -0.443. The van der Waals surface area contributed by atoms with E-state index in [1.807, 2.05) is 5.01 Å². The van der Waals surface area contributed by atoms with Gasteiger partial charge in [0, 0.05) is 19.5 Å². The third kappa shape index (κ3) is 2.33. The van der Waals surface area contributed by atoms with Crippen LogP contribution in [0.15, 0.2) is 0 Å². The van der Waals surface area contributed by atoms with E-state index >= 15 is 0 Å². The number of hydrazine groups is 1. The number of carboxylic acid groups (broad SMARTS) is 1. The second-order valence-corrected chi connectivity index (χ2v) is 4.12. The molecule has 2 fully saturated rings. The normalized spacial score (nSPS) is 28.1. The summed E-state index contributed by atoms with van der Waals surface area (Å²) in [5.41, 5.74) is 0. The Morgan fingerprint density at radius 1 is 1.38 bits per heavy atom. The van der Waals surface area contributed by atoms with Gasteiger partial charge >= 0.3 is 5.97 Å². The minimum Gasteiger partial charge on any atom is -0.481 e. The maximum atomic E-state index is 11.7. The molecule has 0 aromatic carbocycles. The quantitative estimate of drug-likeness (QED) is 0.693. The van der Waals surface area contributed by atoms with Gasteiger partial charge in [-0.15, -0.1) is 0 Å². The zero-order chi connectivity index (χ0) is 11.5. The molecule has 0 bridgehead atoms. The van der Waals surface area contributed by atoms with E-state index in [0.717, 1.165) is 0 Å². The lowest BCUT2D eigenvalue weighted by Gasteiger charge is -2.40. The number of hydrogen-bond acceptors (Lipinski definition) is 4. The number of amides is 1. The van der Waals surface area contributed by atoms with Crippen LogP contribution in [-0.2, 0) is 14.3 Å². The Balaban J connectivity index is 1.99. The molecule has 0 saturated carbocycles. The number of ether oxygens (including phenoxy) is 1. The summed E-state index contributed by atoms with van der Waals surface area (Å²) in [5.74, 6) is -1.22. The van der Waals surface area contributed by atoms with Crippen molar-refractivity contribution in [3.8, 4) is 0 Å². The van der Waals surface area contributed by atoms with E-state index in [9.17, 15) is 9.59 Å². The van der Waals surface area contributed by atoms with Crippen LogP contribution in [0.5, 0.6) is 0 Å². The minimum atomic E-state index is -0.814. The van der Waals surface area contributed by atoms with Crippen molar-refractivity contribution in [1.82, 2.24) is 10.0 Å². The number of hydrogen-bond donors (Lipinski definition) is 1. The van der Waals surface area contributed by atoms with Crippen LogP contribution < -0.4 is 0 Å². The molecule has 2 aliphatic heterocycles. The largest absolute Gasteiger partial charge is 0.481 e. The number of rotatable bonds is 2. The van der Waals surface area contributed by atoms with Crippen molar-refractivity contribution in [2.75, 3.05) is 32.8 Å². The number of carbonyl (C=O) groups is 2. The SMILES string of the molecule is O=C(O)C1CCC(=O)N(N2CCOCC2)C1. The van der Waals surface area contributed by atoms with Gasteiger partial charge in [-0.05, 0) is 6.42 Å². The van der Waals surface area contributed by atoms with Crippen LogP contribution in [0, 0.1) is 5.92 Å². The standard InChI is InChI=1S/C10H16N2O4/c13-9-2-1-8(10(14)15)7-12(9)11-3-5-16-6-4-11/h8H,1-7H2,(H,14,15). The number of carbonyl (C=O) groups excluding carboxylic acids is 1. The van der Waals surface area contributed by atoms with Gasteiger partial charge < -0.3 is 9.84 Å². The van der Waals surface area contributed by atoms with Gasteiger partial charge in [-0.3, -0.25) is 14.6 Å². The summed E-state index contributed by atoms with van der Waals surface area (Å²) in [6.07, 6.45) is 0.781. The average molecular weight is 228 g/mol. The maximum Gasteiger partial charge on any atom is 0.308 e. The fourth-order valence-electron chi connectivity index (χ4n) is 2.10. The Kier molecular flexibility index (Phi) is 3.40. The lowest BCUT2D eigenvalue weighted by Crippen LogP contribution is -2.55. The molecule has 1 unspecified atom stereocenters. The molecule has 1 atom stereocenters. The molecule has 2 heterocycles. The van der Waals surface area contributed by atoms with Crippen LogP contribution in [-0.4, -0.2) is 59.8 Å². The first-order valence-corrected chi connectivity index (χ1v) is 5.54. The summed E-state index contributed by atoms with van der Waals surface area (Å²) in [5, 5.41) is 12.5. The molecule has 1 N–H and O–H groups in total. The Hall–Kier alpha value is -1.14. The lowest BCUT2D eigenvalue weighted by molar-refractivity contribution is -0.168. The highest BCUT2D eigenvalue weighted by Crippen LogP contribution is 2.20. The lowest BCUT2D eigenvalue weighted by atomic mass is 9.99. The van der Waals surface area contributed by atoms with E-state index in [4.69, 9.17) is 9.84 Å². The average Bonchev–Trinajstić information content (AvgIpc) is 2.30. The van der Waals surface area contributed by atoms with Gasteiger partial charge in [-0.1, -0.05) is 0 Å². The van der Waals surface area contributed by atoms with Crippen LogP contribution in [0.25, 0.3) is 0 Å². The Labute approximate surface area is 93.7 Å². The molecule has 0 aromatic heterocycles. The zero-order valence-corrected chi connectivity index (χ0v) is 9.09. The molecular weight excluding hydrogens is 212 g/mol. The minimum absolute atomic E-state index is 0.0272. The molecule has 90 valence electrons. The summed E-state index contributed by atoms with van der Waals surface area (Å²) in [6, 6.07) is 0. The van der Waals surface area contributed by atoms with Gasteiger partial charge in [0.25, 0.3) is 0 Å². The fraction of sp³-hybridized carbons (Fsp3) is 0.800. The highest BCUT2D eigenvalue weighted by Gasteiger charge is 2.33. The number of aliphatic carboxylic acids is 1.